The summed E-state index contributed by atoms with van der Waals surface area (Å²) in [5.41, 5.74) is 10.9. The monoisotopic (exact) mass is 704 g/mol. The third-order valence-corrected chi connectivity index (χ3v) is 9.75. The van der Waals surface area contributed by atoms with Crippen molar-refractivity contribution in [3.63, 3.8) is 0 Å². The lowest BCUT2D eigenvalue weighted by atomic mass is 10.0. The van der Waals surface area contributed by atoms with Crippen LogP contribution in [0.2, 0.25) is 0 Å². The highest BCUT2D eigenvalue weighted by Gasteiger charge is 2.15. The number of H-pyrrole nitrogens is 1. The molecule has 258 valence electrons. The first-order valence-electron chi connectivity index (χ1n) is 17.3. The summed E-state index contributed by atoms with van der Waals surface area (Å²) in [6.07, 6.45) is 9.58. The lowest BCUT2D eigenvalue weighted by Gasteiger charge is -2.12. The minimum atomic E-state index is -0.235. The van der Waals surface area contributed by atoms with Crippen LogP contribution in [0, 0.1) is 0 Å². The van der Waals surface area contributed by atoms with Gasteiger partial charge in [0.05, 0.1) is 37.4 Å². The predicted octanol–water partition coefficient (Wildman–Crippen LogP) is 7.62. The third kappa shape index (κ3) is 5.51. The molecular formula is C43H28N8O3. The van der Waals surface area contributed by atoms with Crippen molar-refractivity contribution in [3.05, 3.63) is 172 Å². The van der Waals surface area contributed by atoms with Gasteiger partial charge in [0.1, 0.15) is 22.3 Å². The Balaban J connectivity index is 0.967. The van der Waals surface area contributed by atoms with Gasteiger partial charge in [0.25, 0.3) is 11.1 Å². The first-order chi connectivity index (χ1) is 26.5. The molecule has 0 fully saturated rings. The van der Waals surface area contributed by atoms with Crippen LogP contribution in [0.1, 0.15) is 11.1 Å². The summed E-state index contributed by atoms with van der Waals surface area (Å²) in [6.45, 7) is 0.683. The van der Waals surface area contributed by atoms with Crippen molar-refractivity contribution in [1.82, 2.24) is 39.0 Å². The molecular weight excluding hydrogens is 677 g/mol. The van der Waals surface area contributed by atoms with E-state index in [0.717, 1.165) is 66.6 Å². The molecule has 11 nitrogen and oxygen atoms in total. The van der Waals surface area contributed by atoms with Crippen LogP contribution >= 0.6 is 0 Å². The van der Waals surface area contributed by atoms with Gasteiger partial charge in [-0.25, -0.2) is 24.9 Å². The van der Waals surface area contributed by atoms with Gasteiger partial charge in [-0.05, 0) is 88.5 Å². The maximum absolute atomic E-state index is 13.3. The number of fused-ring (bicyclic) bond motifs is 4. The normalized spacial score (nSPS) is 11.6. The maximum atomic E-state index is 13.3. The Morgan fingerprint density at radius 3 is 2.13 bits per heavy atom. The number of hydrogen-bond donors (Lipinski definition) is 1. The number of hydrogen-bond acceptors (Lipinski definition) is 8. The van der Waals surface area contributed by atoms with Crippen molar-refractivity contribution in [2.45, 2.75) is 13.1 Å². The van der Waals surface area contributed by atoms with Crippen LogP contribution in [-0.2, 0) is 13.1 Å². The van der Waals surface area contributed by atoms with E-state index in [2.05, 4.69) is 55.3 Å². The van der Waals surface area contributed by atoms with E-state index in [1.54, 1.807) is 33.9 Å². The number of nitrogens with one attached hydrogen (secondary N) is 1. The zero-order valence-corrected chi connectivity index (χ0v) is 28.5. The fourth-order valence-corrected chi connectivity index (χ4v) is 7.11. The highest BCUT2D eigenvalue weighted by Crippen LogP contribution is 2.31. The smallest absolute Gasteiger partial charge is 0.270 e. The Morgan fingerprint density at radius 1 is 0.574 bits per heavy atom. The number of aromatic nitrogens is 8. The van der Waals surface area contributed by atoms with Crippen LogP contribution in [0.4, 0.5) is 0 Å². The zero-order valence-electron chi connectivity index (χ0n) is 28.5. The minimum Gasteiger partial charge on any atom is -0.464 e. The Hall–Kier alpha value is -7.53. The molecule has 10 rings (SSSR count). The van der Waals surface area contributed by atoms with E-state index in [4.69, 9.17) is 9.40 Å². The molecule has 7 aromatic heterocycles. The molecule has 0 aliphatic carbocycles. The van der Waals surface area contributed by atoms with Gasteiger partial charge < -0.3 is 9.40 Å². The molecule has 0 radical (unpaired) electrons. The summed E-state index contributed by atoms with van der Waals surface area (Å²) in [6, 6.07) is 33.9. The van der Waals surface area contributed by atoms with Crippen LogP contribution in [0.15, 0.2) is 154 Å². The molecule has 0 aliphatic rings. The quantitative estimate of drug-likeness (QED) is 0.179. The van der Waals surface area contributed by atoms with E-state index in [0.29, 0.717) is 35.4 Å². The molecule has 0 saturated heterocycles. The first-order valence-corrected chi connectivity index (χ1v) is 17.3. The average Bonchev–Trinajstić information content (AvgIpc) is 3.87. The fourth-order valence-electron chi connectivity index (χ4n) is 7.11. The summed E-state index contributed by atoms with van der Waals surface area (Å²) in [5, 5.41) is 1.95. The highest BCUT2D eigenvalue weighted by atomic mass is 16.3. The molecule has 1 N–H and O–H groups in total. The number of pyridine rings is 3. The molecule has 0 saturated carbocycles. The zero-order chi connectivity index (χ0) is 36.2. The Bertz CT molecular complexity index is 3190. The minimum absolute atomic E-state index is 0.210. The number of nitrogens with zero attached hydrogens (tertiary/aromatic N) is 7. The Kier molecular flexibility index (Phi) is 7.29. The summed E-state index contributed by atoms with van der Waals surface area (Å²) in [7, 11) is 0. The molecule has 54 heavy (non-hydrogen) atoms. The second-order valence-corrected chi connectivity index (χ2v) is 13.2. The largest absolute Gasteiger partial charge is 0.464 e. The van der Waals surface area contributed by atoms with Crippen LogP contribution in [0.5, 0.6) is 0 Å². The predicted molar refractivity (Wildman–Crippen MR) is 208 cm³/mol. The molecule has 11 heteroatoms. The van der Waals surface area contributed by atoms with Crippen molar-refractivity contribution < 1.29 is 4.42 Å². The standard InChI is InChI=1S/C43H28N8O3/c52-38-22-46-35-8-3-13-44-42(35)50(38)24-27-5-2-7-29(17-27)33-19-32-20-36(49-41(32)48-21-33)34-11-14-45-43-40(34)47-23-39(53)51(43)25-26-4-1-6-28(16-26)30-9-10-37-31(18-30)12-15-54-37/h1-23H,24-25H2,(H,48,49). The number of rotatable bonds is 7. The number of furan rings is 1. The summed E-state index contributed by atoms with van der Waals surface area (Å²) in [4.78, 5) is 52.1. The van der Waals surface area contributed by atoms with Gasteiger partial charge in [0, 0.05) is 40.5 Å². The SMILES string of the molecule is O=c1cnc2cccnc2n1Cc1cccc(-c2cnc3[nH]c(-c4ccnc5c4ncc(=O)n5Cc4cccc(-c5ccc6occc6c5)c4)cc3c2)c1. The van der Waals surface area contributed by atoms with Crippen molar-refractivity contribution in [2.24, 2.45) is 0 Å². The second-order valence-electron chi connectivity index (χ2n) is 13.2. The maximum Gasteiger partial charge on any atom is 0.270 e. The van der Waals surface area contributed by atoms with Crippen LogP contribution in [0.3, 0.4) is 0 Å². The molecule has 0 unspecified atom stereocenters. The van der Waals surface area contributed by atoms with Crippen molar-refractivity contribution in [1.29, 1.82) is 0 Å². The second kappa shape index (κ2) is 12.6. The molecule has 3 aromatic carbocycles. The summed E-state index contributed by atoms with van der Waals surface area (Å²) >= 11 is 0. The van der Waals surface area contributed by atoms with E-state index in [1.807, 2.05) is 72.9 Å². The summed E-state index contributed by atoms with van der Waals surface area (Å²) in [5.74, 6) is 0. The Labute approximate surface area is 305 Å². The number of aromatic amines is 1. The van der Waals surface area contributed by atoms with E-state index < -0.39 is 0 Å². The van der Waals surface area contributed by atoms with Gasteiger partial charge in [-0.15, -0.1) is 0 Å². The van der Waals surface area contributed by atoms with Crippen LogP contribution < -0.4 is 11.1 Å². The van der Waals surface area contributed by atoms with Crippen molar-refractivity contribution in [3.8, 4) is 33.5 Å². The molecule has 0 aliphatic heterocycles. The van der Waals surface area contributed by atoms with Gasteiger partial charge in [0.15, 0.2) is 11.3 Å². The first kappa shape index (κ1) is 31.2. The third-order valence-electron chi connectivity index (χ3n) is 9.75. The highest BCUT2D eigenvalue weighted by molar-refractivity contribution is 5.94. The van der Waals surface area contributed by atoms with E-state index >= 15 is 0 Å². The topological polar surface area (TPSA) is 137 Å². The van der Waals surface area contributed by atoms with Gasteiger partial charge in [-0.1, -0.05) is 42.5 Å². The molecule has 0 atom stereocenters. The van der Waals surface area contributed by atoms with E-state index in [1.165, 1.54) is 12.4 Å². The van der Waals surface area contributed by atoms with Crippen LogP contribution in [-0.4, -0.2) is 39.0 Å². The fraction of sp³-hybridized carbons (Fsp3) is 0.0465. The van der Waals surface area contributed by atoms with E-state index in [-0.39, 0.29) is 11.1 Å². The molecule has 0 bridgehead atoms. The lowest BCUT2D eigenvalue weighted by molar-refractivity contribution is 0.616. The molecule has 0 spiro atoms. The lowest BCUT2D eigenvalue weighted by Crippen LogP contribution is -2.22. The summed E-state index contributed by atoms with van der Waals surface area (Å²) < 4.78 is 8.81. The molecule has 0 amide bonds. The number of benzene rings is 3. The van der Waals surface area contributed by atoms with Crippen molar-refractivity contribution in [2.75, 3.05) is 0 Å². The van der Waals surface area contributed by atoms with Gasteiger partial charge in [-0.2, -0.15) is 0 Å². The van der Waals surface area contributed by atoms with E-state index in [9.17, 15) is 9.59 Å². The molecule has 10 aromatic rings. The Morgan fingerprint density at radius 2 is 1.30 bits per heavy atom. The van der Waals surface area contributed by atoms with Gasteiger partial charge >= 0.3 is 0 Å². The average molecular weight is 705 g/mol. The van der Waals surface area contributed by atoms with Gasteiger partial charge in [0.2, 0.25) is 0 Å². The van der Waals surface area contributed by atoms with Crippen molar-refractivity contribution >= 4 is 44.3 Å². The van der Waals surface area contributed by atoms with Gasteiger partial charge in [-0.3, -0.25) is 18.7 Å². The van der Waals surface area contributed by atoms with Crippen LogP contribution in [0.25, 0.3) is 77.8 Å². The molecule has 7 heterocycles.